The average molecular weight is 197 g/mol. The molecule has 1 aromatic rings. The highest BCUT2D eigenvalue weighted by molar-refractivity contribution is 5.16. The molecule has 1 heterocycles. The van der Waals surface area contributed by atoms with Gasteiger partial charge in [-0.2, -0.15) is 4.98 Å². The van der Waals surface area contributed by atoms with E-state index < -0.39 is 0 Å². The van der Waals surface area contributed by atoms with Crippen LogP contribution in [0.1, 0.15) is 24.5 Å². The van der Waals surface area contributed by atoms with E-state index in [1.807, 2.05) is 6.92 Å². The second kappa shape index (κ2) is 4.88. The maximum absolute atomic E-state index is 5.68. The van der Waals surface area contributed by atoms with Crippen LogP contribution in [0.25, 0.3) is 0 Å². The van der Waals surface area contributed by atoms with Gasteiger partial charge in [0, 0.05) is 13.2 Å². The Labute approximate surface area is 83.3 Å². The monoisotopic (exact) mass is 197 g/mol. The van der Waals surface area contributed by atoms with E-state index in [1.54, 1.807) is 20.3 Å². The molecule has 1 rings (SSSR count). The van der Waals surface area contributed by atoms with E-state index in [2.05, 4.69) is 9.97 Å². The van der Waals surface area contributed by atoms with Gasteiger partial charge in [-0.25, -0.2) is 4.98 Å². The first-order valence-corrected chi connectivity index (χ1v) is 4.33. The van der Waals surface area contributed by atoms with Gasteiger partial charge in [-0.3, -0.25) is 0 Å². The third-order valence-electron chi connectivity index (χ3n) is 1.68. The van der Waals surface area contributed by atoms with E-state index in [0.29, 0.717) is 18.3 Å². The van der Waals surface area contributed by atoms with E-state index in [1.165, 1.54) is 0 Å². The number of nitrogens with two attached hydrogens (primary N) is 1. The number of ether oxygens (including phenoxy) is 2. The second-order valence-corrected chi connectivity index (χ2v) is 2.98. The standard InChI is InChI=1S/C9H15N3O2/c1-6(10)9-11-7(5-13-2)4-8(12-9)14-3/h4,6H,5,10H2,1-3H3. The summed E-state index contributed by atoms with van der Waals surface area (Å²) in [5.41, 5.74) is 6.45. The molecule has 0 bridgehead atoms. The zero-order valence-corrected chi connectivity index (χ0v) is 8.65. The fraction of sp³-hybridized carbons (Fsp3) is 0.556. The van der Waals surface area contributed by atoms with Crippen LogP contribution in [0.2, 0.25) is 0 Å². The lowest BCUT2D eigenvalue weighted by Crippen LogP contribution is -2.12. The van der Waals surface area contributed by atoms with E-state index in [4.69, 9.17) is 15.2 Å². The van der Waals surface area contributed by atoms with Crippen molar-refractivity contribution in [3.05, 3.63) is 17.6 Å². The Kier molecular flexibility index (Phi) is 3.79. The molecule has 0 spiro atoms. The van der Waals surface area contributed by atoms with Gasteiger partial charge >= 0.3 is 0 Å². The molecule has 0 aromatic carbocycles. The number of aromatic nitrogens is 2. The molecule has 0 fully saturated rings. The highest BCUT2D eigenvalue weighted by atomic mass is 16.5. The van der Waals surface area contributed by atoms with Crippen LogP contribution < -0.4 is 10.5 Å². The Balaban J connectivity index is 3.00. The molecule has 2 N–H and O–H groups in total. The SMILES string of the molecule is COCc1cc(OC)nc(C(C)N)n1. The summed E-state index contributed by atoms with van der Waals surface area (Å²) >= 11 is 0. The molecule has 0 aliphatic carbocycles. The summed E-state index contributed by atoms with van der Waals surface area (Å²) < 4.78 is 10.0. The lowest BCUT2D eigenvalue weighted by atomic mass is 10.3. The van der Waals surface area contributed by atoms with Gasteiger partial charge in [0.2, 0.25) is 5.88 Å². The number of hydrogen-bond acceptors (Lipinski definition) is 5. The van der Waals surface area contributed by atoms with Crippen LogP contribution >= 0.6 is 0 Å². The quantitative estimate of drug-likeness (QED) is 0.767. The van der Waals surface area contributed by atoms with Crippen LogP contribution in [-0.4, -0.2) is 24.2 Å². The van der Waals surface area contributed by atoms with E-state index in [-0.39, 0.29) is 6.04 Å². The summed E-state index contributed by atoms with van der Waals surface area (Å²) in [7, 11) is 3.17. The van der Waals surface area contributed by atoms with Gasteiger partial charge in [-0.05, 0) is 6.92 Å². The maximum atomic E-state index is 5.68. The normalized spacial score (nSPS) is 12.6. The topological polar surface area (TPSA) is 70.3 Å². The van der Waals surface area contributed by atoms with Gasteiger partial charge in [0.25, 0.3) is 0 Å². The Bertz CT molecular complexity index is 302. The molecule has 1 atom stereocenters. The fourth-order valence-electron chi connectivity index (χ4n) is 1.02. The molecule has 0 aliphatic rings. The predicted octanol–water partition coefficient (Wildman–Crippen LogP) is 0.651. The van der Waals surface area contributed by atoms with Gasteiger partial charge in [-0.1, -0.05) is 0 Å². The van der Waals surface area contributed by atoms with Crippen LogP contribution in [-0.2, 0) is 11.3 Å². The number of methoxy groups -OCH3 is 2. The van der Waals surface area contributed by atoms with Crippen LogP contribution in [0.3, 0.4) is 0 Å². The summed E-state index contributed by atoms with van der Waals surface area (Å²) in [6, 6.07) is 1.52. The first-order chi connectivity index (χ1) is 6.67. The fourth-order valence-corrected chi connectivity index (χ4v) is 1.02. The van der Waals surface area contributed by atoms with Crippen molar-refractivity contribution in [2.24, 2.45) is 5.73 Å². The van der Waals surface area contributed by atoms with E-state index >= 15 is 0 Å². The van der Waals surface area contributed by atoms with Crippen LogP contribution in [0.5, 0.6) is 5.88 Å². The van der Waals surface area contributed by atoms with Crippen LogP contribution in [0.15, 0.2) is 6.07 Å². The van der Waals surface area contributed by atoms with Crippen molar-refractivity contribution in [3.8, 4) is 5.88 Å². The van der Waals surface area contributed by atoms with Crippen molar-refractivity contribution in [1.29, 1.82) is 0 Å². The van der Waals surface area contributed by atoms with Crippen molar-refractivity contribution in [3.63, 3.8) is 0 Å². The zero-order valence-electron chi connectivity index (χ0n) is 8.65. The molecule has 0 saturated carbocycles. The Morgan fingerprint density at radius 1 is 1.43 bits per heavy atom. The Hall–Kier alpha value is -1.20. The number of hydrogen-bond donors (Lipinski definition) is 1. The van der Waals surface area contributed by atoms with Crippen molar-refractivity contribution in [2.75, 3.05) is 14.2 Å². The minimum absolute atomic E-state index is 0.208. The van der Waals surface area contributed by atoms with Crippen molar-refractivity contribution in [2.45, 2.75) is 19.6 Å². The average Bonchev–Trinajstić information content (AvgIpc) is 2.17. The number of nitrogens with zero attached hydrogens (tertiary/aromatic N) is 2. The zero-order chi connectivity index (χ0) is 10.6. The lowest BCUT2D eigenvalue weighted by Gasteiger charge is -2.08. The molecule has 0 amide bonds. The minimum atomic E-state index is -0.208. The summed E-state index contributed by atoms with van der Waals surface area (Å²) in [6.07, 6.45) is 0. The largest absolute Gasteiger partial charge is 0.481 e. The van der Waals surface area contributed by atoms with Crippen molar-refractivity contribution < 1.29 is 9.47 Å². The smallest absolute Gasteiger partial charge is 0.216 e. The van der Waals surface area contributed by atoms with Gasteiger partial charge in [0.1, 0.15) is 5.82 Å². The predicted molar refractivity (Wildman–Crippen MR) is 51.9 cm³/mol. The molecular formula is C9H15N3O2. The number of rotatable bonds is 4. The van der Waals surface area contributed by atoms with Crippen LogP contribution in [0.4, 0.5) is 0 Å². The molecule has 78 valence electrons. The minimum Gasteiger partial charge on any atom is -0.481 e. The summed E-state index contributed by atoms with van der Waals surface area (Å²) in [4.78, 5) is 8.35. The molecule has 1 aromatic heterocycles. The highest BCUT2D eigenvalue weighted by Gasteiger charge is 2.08. The van der Waals surface area contributed by atoms with Crippen molar-refractivity contribution >= 4 is 0 Å². The molecule has 0 radical (unpaired) electrons. The first-order valence-electron chi connectivity index (χ1n) is 4.33. The lowest BCUT2D eigenvalue weighted by molar-refractivity contribution is 0.180. The molecule has 1 unspecified atom stereocenters. The van der Waals surface area contributed by atoms with Crippen molar-refractivity contribution in [1.82, 2.24) is 9.97 Å². The summed E-state index contributed by atoms with van der Waals surface area (Å²) in [6.45, 7) is 2.25. The van der Waals surface area contributed by atoms with E-state index in [9.17, 15) is 0 Å². The third kappa shape index (κ3) is 2.65. The van der Waals surface area contributed by atoms with E-state index in [0.717, 1.165) is 5.69 Å². The maximum Gasteiger partial charge on any atom is 0.216 e. The van der Waals surface area contributed by atoms with Gasteiger partial charge in [-0.15, -0.1) is 0 Å². The molecule has 0 aliphatic heterocycles. The molecular weight excluding hydrogens is 182 g/mol. The first kappa shape index (κ1) is 10.9. The highest BCUT2D eigenvalue weighted by Crippen LogP contribution is 2.13. The Morgan fingerprint density at radius 3 is 2.64 bits per heavy atom. The second-order valence-electron chi connectivity index (χ2n) is 2.98. The van der Waals surface area contributed by atoms with Gasteiger partial charge in [0.05, 0.1) is 25.5 Å². The third-order valence-corrected chi connectivity index (χ3v) is 1.68. The van der Waals surface area contributed by atoms with Crippen LogP contribution in [0, 0.1) is 0 Å². The van der Waals surface area contributed by atoms with Gasteiger partial charge in [0.15, 0.2) is 0 Å². The Morgan fingerprint density at radius 2 is 2.14 bits per heavy atom. The molecule has 14 heavy (non-hydrogen) atoms. The molecule has 0 saturated heterocycles. The summed E-state index contributed by atoms with van der Waals surface area (Å²) in [5.74, 6) is 1.08. The molecule has 5 nitrogen and oxygen atoms in total. The van der Waals surface area contributed by atoms with Gasteiger partial charge < -0.3 is 15.2 Å². The summed E-state index contributed by atoms with van der Waals surface area (Å²) in [5, 5.41) is 0. The molecule has 5 heteroatoms.